The molecule has 2 aromatic heterocycles. The molecule has 4 rings (SSSR count). The number of carbonyl (C=O) groups excluding carboxylic acids is 1. The number of hydrogen-bond acceptors (Lipinski definition) is 5. The van der Waals surface area contributed by atoms with Gasteiger partial charge in [0.25, 0.3) is 5.91 Å². The second kappa shape index (κ2) is 7.41. The van der Waals surface area contributed by atoms with E-state index in [9.17, 15) is 4.79 Å². The van der Waals surface area contributed by atoms with Crippen LogP contribution in [-0.4, -0.2) is 46.0 Å². The molecule has 1 aliphatic rings. The second-order valence-electron chi connectivity index (χ2n) is 7.31. The van der Waals surface area contributed by atoms with E-state index in [0.29, 0.717) is 23.7 Å². The number of fused-ring (bicyclic) bond motifs is 1. The Morgan fingerprint density at radius 2 is 2.14 bits per heavy atom. The fourth-order valence-electron chi connectivity index (χ4n) is 3.71. The topological polar surface area (TPSA) is 99.9 Å². The normalized spacial score (nSPS) is 19.3. The number of H-pyrrole nitrogens is 1. The Hall–Kier alpha value is -2.64. The van der Waals surface area contributed by atoms with Crippen molar-refractivity contribution in [1.82, 2.24) is 20.3 Å². The summed E-state index contributed by atoms with van der Waals surface area (Å²) in [5, 5.41) is 4.61. The maximum atomic E-state index is 12.4. The lowest BCUT2D eigenvalue weighted by Crippen LogP contribution is -2.52. The van der Waals surface area contributed by atoms with Crippen LogP contribution in [0.4, 0.5) is 5.82 Å². The zero-order valence-electron chi connectivity index (χ0n) is 15.7. The average Bonchev–Trinajstić information content (AvgIpc) is 3.30. The third kappa shape index (κ3) is 3.55. The Labute approximate surface area is 168 Å². The van der Waals surface area contributed by atoms with Gasteiger partial charge in [0.1, 0.15) is 17.8 Å². The first kappa shape index (κ1) is 18.7. The predicted octanol–water partition coefficient (Wildman–Crippen LogP) is 2.51. The molecule has 1 fully saturated rings. The van der Waals surface area contributed by atoms with Crippen molar-refractivity contribution in [1.29, 1.82) is 0 Å². The molecular weight excluding hydrogens is 376 g/mol. The van der Waals surface area contributed by atoms with Crippen LogP contribution in [0.2, 0.25) is 5.02 Å². The molecule has 1 amide bonds. The van der Waals surface area contributed by atoms with Gasteiger partial charge >= 0.3 is 0 Å². The number of benzene rings is 1. The van der Waals surface area contributed by atoms with Gasteiger partial charge in [-0.1, -0.05) is 18.5 Å². The van der Waals surface area contributed by atoms with Crippen LogP contribution in [-0.2, 0) is 6.42 Å². The molecule has 0 aliphatic carbocycles. The molecule has 28 heavy (non-hydrogen) atoms. The van der Waals surface area contributed by atoms with Gasteiger partial charge in [0.05, 0.1) is 10.9 Å². The van der Waals surface area contributed by atoms with Crippen LogP contribution in [0.15, 0.2) is 36.8 Å². The molecule has 3 heterocycles. The van der Waals surface area contributed by atoms with Gasteiger partial charge in [-0.3, -0.25) is 4.79 Å². The number of carbonyl (C=O) groups is 1. The number of aromatic amines is 1. The largest absolute Gasteiger partial charge is 0.354 e. The molecule has 1 atom stereocenters. The first-order valence-corrected chi connectivity index (χ1v) is 9.75. The van der Waals surface area contributed by atoms with Crippen LogP contribution in [0.25, 0.3) is 11.0 Å². The lowest BCUT2D eigenvalue weighted by atomic mass is 10.00. The Morgan fingerprint density at radius 1 is 1.36 bits per heavy atom. The monoisotopic (exact) mass is 398 g/mol. The summed E-state index contributed by atoms with van der Waals surface area (Å²) in [6.45, 7) is 3.91. The third-order valence-electron chi connectivity index (χ3n) is 5.30. The van der Waals surface area contributed by atoms with Crippen LogP contribution < -0.4 is 16.0 Å². The molecular formula is C20H23ClN6O. The number of rotatable bonds is 5. The van der Waals surface area contributed by atoms with E-state index >= 15 is 0 Å². The fourth-order valence-corrected chi connectivity index (χ4v) is 3.83. The quantitative estimate of drug-likeness (QED) is 0.613. The molecule has 1 aromatic carbocycles. The van der Waals surface area contributed by atoms with Crippen molar-refractivity contribution in [2.24, 2.45) is 5.73 Å². The van der Waals surface area contributed by atoms with E-state index < -0.39 is 5.54 Å². The number of aromatic nitrogens is 3. The molecule has 0 saturated carbocycles. The summed E-state index contributed by atoms with van der Waals surface area (Å²) < 4.78 is 0. The zero-order chi connectivity index (χ0) is 19.7. The molecule has 8 heteroatoms. The van der Waals surface area contributed by atoms with Gasteiger partial charge in [-0.15, -0.1) is 0 Å². The maximum absolute atomic E-state index is 12.4. The fraction of sp³-hybridized carbons (Fsp3) is 0.350. The lowest BCUT2D eigenvalue weighted by molar-refractivity contribution is 0.0945. The van der Waals surface area contributed by atoms with Gasteiger partial charge in [-0.25, -0.2) is 9.97 Å². The highest BCUT2D eigenvalue weighted by Gasteiger charge is 2.36. The third-order valence-corrected chi connectivity index (χ3v) is 5.56. The Kier molecular flexibility index (Phi) is 4.95. The highest BCUT2D eigenvalue weighted by atomic mass is 35.5. The van der Waals surface area contributed by atoms with E-state index in [-0.39, 0.29) is 5.91 Å². The molecule has 0 spiro atoms. The summed E-state index contributed by atoms with van der Waals surface area (Å²) >= 11 is 5.88. The van der Waals surface area contributed by atoms with Crippen molar-refractivity contribution in [3.05, 3.63) is 52.9 Å². The summed E-state index contributed by atoms with van der Waals surface area (Å²) in [6, 6.07) is 6.82. The lowest BCUT2D eigenvalue weighted by Gasteiger charge is -2.25. The maximum Gasteiger partial charge on any atom is 0.251 e. The molecule has 1 aliphatic heterocycles. The molecule has 146 valence electrons. The number of halogens is 1. The molecule has 4 N–H and O–H groups in total. The van der Waals surface area contributed by atoms with Crippen molar-refractivity contribution < 1.29 is 4.79 Å². The second-order valence-corrected chi connectivity index (χ2v) is 7.75. The SMILES string of the molecule is CCc1c[nH]c2ncnc(N3CC[C@](N)(CNC(=O)c4ccc(Cl)cc4)C3)c12. The van der Waals surface area contributed by atoms with Crippen LogP contribution in [0.1, 0.15) is 29.3 Å². The van der Waals surface area contributed by atoms with E-state index in [1.54, 1.807) is 30.6 Å². The van der Waals surface area contributed by atoms with Crippen molar-refractivity contribution in [3.63, 3.8) is 0 Å². The van der Waals surface area contributed by atoms with Crippen molar-refractivity contribution in [2.45, 2.75) is 25.3 Å². The number of amides is 1. The molecule has 0 bridgehead atoms. The van der Waals surface area contributed by atoms with Crippen LogP contribution in [0, 0.1) is 0 Å². The summed E-state index contributed by atoms with van der Waals surface area (Å²) in [6.07, 6.45) is 5.23. The molecule has 1 saturated heterocycles. The van der Waals surface area contributed by atoms with Crippen LogP contribution in [0.3, 0.4) is 0 Å². The van der Waals surface area contributed by atoms with Gasteiger partial charge in [-0.05, 0) is 42.7 Å². The summed E-state index contributed by atoms with van der Waals surface area (Å²) in [7, 11) is 0. The minimum Gasteiger partial charge on any atom is -0.354 e. The number of aryl methyl sites for hydroxylation is 1. The first-order valence-electron chi connectivity index (χ1n) is 9.38. The average molecular weight is 399 g/mol. The van der Waals surface area contributed by atoms with Gasteiger partial charge in [-0.2, -0.15) is 0 Å². The highest BCUT2D eigenvalue weighted by molar-refractivity contribution is 6.30. The number of hydrogen-bond donors (Lipinski definition) is 3. The van der Waals surface area contributed by atoms with Crippen LogP contribution in [0.5, 0.6) is 0 Å². The summed E-state index contributed by atoms with van der Waals surface area (Å²) in [5.41, 5.74) is 8.69. The van der Waals surface area contributed by atoms with Crippen molar-refractivity contribution >= 4 is 34.4 Å². The van der Waals surface area contributed by atoms with Crippen molar-refractivity contribution in [2.75, 3.05) is 24.5 Å². The number of nitrogens with one attached hydrogen (secondary N) is 2. The summed E-state index contributed by atoms with van der Waals surface area (Å²) in [4.78, 5) is 26.6. The molecule has 3 aromatic rings. The highest BCUT2D eigenvalue weighted by Crippen LogP contribution is 2.31. The Balaban J connectivity index is 1.47. The van der Waals surface area contributed by atoms with E-state index in [0.717, 1.165) is 36.2 Å². The standard InChI is InChI=1S/C20H23ClN6O/c1-2-13-9-23-17-16(13)18(26-12-25-17)27-8-7-20(22,11-27)10-24-19(28)14-3-5-15(21)6-4-14/h3-6,9,12H,2,7-8,10-11,22H2,1H3,(H,24,28)(H,23,25,26)/t20-/m0/s1. The van der Waals surface area contributed by atoms with Gasteiger partial charge in [0, 0.05) is 36.4 Å². The van der Waals surface area contributed by atoms with Gasteiger partial charge in [0.15, 0.2) is 0 Å². The zero-order valence-corrected chi connectivity index (χ0v) is 16.5. The Morgan fingerprint density at radius 3 is 2.89 bits per heavy atom. The molecule has 7 nitrogen and oxygen atoms in total. The number of anilines is 1. The minimum atomic E-state index is -0.512. The molecule has 0 unspecified atom stereocenters. The number of nitrogens with zero attached hydrogens (tertiary/aromatic N) is 3. The van der Waals surface area contributed by atoms with E-state index in [2.05, 4.69) is 32.1 Å². The van der Waals surface area contributed by atoms with Gasteiger partial charge in [0.2, 0.25) is 0 Å². The minimum absolute atomic E-state index is 0.150. The van der Waals surface area contributed by atoms with E-state index in [1.807, 2.05) is 6.20 Å². The smallest absolute Gasteiger partial charge is 0.251 e. The number of nitrogens with two attached hydrogens (primary N) is 1. The molecule has 0 radical (unpaired) electrons. The van der Waals surface area contributed by atoms with E-state index in [1.165, 1.54) is 5.56 Å². The summed E-state index contributed by atoms with van der Waals surface area (Å²) in [5.74, 6) is 0.753. The predicted molar refractivity (Wildman–Crippen MR) is 111 cm³/mol. The van der Waals surface area contributed by atoms with Gasteiger partial charge < -0.3 is 20.9 Å². The first-order chi connectivity index (χ1) is 13.5. The Bertz CT molecular complexity index is 1000. The van der Waals surface area contributed by atoms with E-state index in [4.69, 9.17) is 17.3 Å². The van der Waals surface area contributed by atoms with Crippen LogP contribution >= 0.6 is 11.6 Å². The van der Waals surface area contributed by atoms with Crippen molar-refractivity contribution in [3.8, 4) is 0 Å².